The second-order valence-corrected chi connectivity index (χ2v) is 13.6. The summed E-state index contributed by atoms with van der Waals surface area (Å²) >= 11 is 3.07. The van der Waals surface area contributed by atoms with Crippen LogP contribution in [0.25, 0.3) is 0 Å². The zero-order valence-electron chi connectivity index (χ0n) is 24.0. The third-order valence-corrected chi connectivity index (χ3v) is 9.97. The molecule has 2 aromatic carbocycles. The summed E-state index contributed by atoms with van der Waals surface area (Å²) in [6, 6.07) is 14.2. The topological polar surface area (TPSA) is 110 Å². The van der Waals surface area contributed by atoms with Crippen LogP contribution in [0.3, 0.4) is 0 Å². The lowest BCUT2D eigenvalue weighted by Gasteiger charge is -2.35. The van der Waals surface area contributed by atoms with Gasteiger partial charge in [-0.2, -0.15) is 0 Å². The van der Waals surface area contributed by atoms with Crippen LogP contribution < -0.4 is 5.32 Å². The number of aliphatic hydroxyl groups excluding tert-OH is 1. The highest BCUT2D eigenvalue weighted by molar-refractivity contribution is 8.00. The molecule has 0 aliphatic carbocycles. The Balaban J connectivity index is 1.59. The summed E-state index contributed by atoms with van der Waals surface area (Å²) in [5, 5.41) is 26.4. The Bertz CT molecular complexity index is 1410. The van der Waals surface area contributed by atoms with E-state index in [1.165, 1.54) is 22.7 Å². The number of aryl methyl sites for hydroxylation is 1. The van der Waals surface area contributed by atoms with Gasteiger partial charge in [0.15, 0.2) is 6.10 Å². The largest absolute Gasteiger partial charge is 0.508 e. The molecule has 3 aromatic rings. The fraction of sp³-hybridized carbons (Fsp3) is 0.387. The second-order valence-electron chi connectivity index (χ2n) is 11.0. The number of aromatic hydroxyl groups is 1. The third kappa shape index (κ3) is 6.77. The van der Waals surface area contributed by atoms with Crippen molar-refractivity contribution in [2.45, 2.75) is 63.6 Å². The first kappa shape index (κ1) is 30.6. The number of hydrogen-bond donors (Lipinski definition) is 3. The van der Waals surface area contributed by atoms with Crippen LogP contribution in [-0.2, 0) is 22.6 Å². The number of likely N-dealkylation sites (N-methyl/N-ethyl adjacent to an activating group) is 1. The van der Waals surface area contributed by atoms with Gasteiger partial charge in [-0.05, 0) is 68.8 Å². The summed E-state index contributed by atoms with van der Waals surface area (Å²) in [5.41, 5.74) is 2.59. The predicted octanol–water partition coefficient (Wildman–Crippen LogP) is 4.11. The summed E-state index contributed by atoms with van der Waals surface area (Å²) in [4.78, 5) is 45.1. The number of amides is 3. The van der Waals surface area contributed by atoms with Crippen molar-refractivity contribution in [1.82, 2.24) is 15.1 Å². The van der Waals surface area contributed by atoms with Gasteiger partial charge in [0.1, 0.15) is 11.8 Å². The molecule has 1 aromatic heterocycles. The van der Waals surface area contributed by atoms with Gasteiger partial charge in [0.05, 0.1) is 18.5 Å². The SMILES string of the molecule is Cc1ccsc1CN(C)C(=O)C1N(C(=O)C(O)C(Cc2ccccc2)NC(=O)c2cccc(O)c2C)CSC1(C)C. The highest BCUT2D eigenvalue weighted by Crippen LogP contribution is 2.40. The lowest BCUT2D eigenvalue weighted by Crippen LogP contribution is -2.58. The Hall–Kier alpha value is -3.34. The number of aliphatic hydroxyl groups is 1. The molecule has 41 heavy (non-hydrogen) atoms. The molecule has 10 heteroatoms. The van der Waals surface area contributed by atoms with Crippen LogP contribution in [0.4, 0.5) is 0 Å². The normalized spacial score (nSPS) is 17.6. The van der Waals surface area contributed by atoms with Crippen LogP contribution in [0, 0.1) is 13.8 Å². The van der Waals surface area contributed by atoms with Gasteiger partial charge in [-0.15, -0.1) is 23.1 Å². The molecule has 2 heterocycles. The number of nitrogens with one attached hydrogen (secondary N) is 1. The van der Waals surface area contributed by atoms with Gasteiger partial charge < -0.3 is 25.3 Å². The molecule has 1 fully saturated rings. The number of phenolic OH excluding ortho intramolecular Hbond substituents is 1. The number of carbonyl (C=O) groups excluding carboxylic acids is 3. The van der Waals surface area contributed by atoms with Crippen molar-refractivity contribution in [2.75, 3.05) is 12.9 Å². The molecule has 1 saturated heterocycles. The van der Waals surface area contributed by atoms with Crippen LogP contribution in [0.5, 0.6) is 5.75 Å². The minimum atomic E-state index is -1.61. The molecule has 1 aliphatic rings. The van der Waals surface area contributed by atoms with E-state index in [-0.39, 0.29) is 29.5 Å². The van der Waals surface area contributed by atoms with E-state index in [1.54, 1.807) is 42.3 Å². The first-order valence-corrected chi connectivity index (χ1v) is 15.3. The molecule has 3 N–H and O–H groups in total. The molecule has 0 saturated carbocycles. The zero-order valence-corrected chi connectivity index (χ0v) is 25.6. The van der Waals surface area contributed by atoms with Crippen LogP contribution in [0.1, 0.15) is 45.8 Å². The first-order valence-electron chi connectivity index (χ1n) is 13.4. The Kier molecular flexibility index (Phi) is 9.46. The van der Waals surface area contributed by atoms with Crippen molar-refractivity contribution < 1.29 is 24.6 Å². The highest BCUT2D eigenvalue weighted by Gasteiger charge is 2.50. The van der Waals surface area contributed by atoms with E-state index in [1.807, 2.05) is 62.5 Å². The maximum absolute atomic E-state index is 13.9. The van der Waals surface area contributed by atoms with Gasteiger partial charge in [-0.1, -0.05) is 36.4 Å². The standard InChI is InChI=1S/C31H37N3O5S2/c1-19-14-15-40-25(19)17-33(5)30(39)27-31(3,4)41-18-34(27)29(38)26(36)23(16-21-10-7-6-8-11-21)32-28(37)22-12-9-13-24(35)20(22)2/h6-15,23,26-27,35-36H,16-18H2,1-5H3,(H,32,37). The summed E-state index contributed by atoms with van der Waals surface area (Å²) < 4.78 is -0.581. The number of carbonyl (C=O) groups is 3. The van der Waals surface area contributed by atoms with Crippen molar-refractivity contribution in [1.29, 1.82) is 0 Å². The smallest absolute Gasteiger partial charge is 0.254 e. The highest BCUT2D eigenvalue weighted by atomic mass is 32.2. The molecule has 4 rings (SSSR count). The maximum atomic E-state index is 13.9. The minimum Gasteiger partial charge on any atom is -0.508 e. The third-order valence-electron chi connectivity index (χ3n) is 7.59. The lowest BCUT2D eigenvalue weighted by molar-refractivity contribution is -0.150. The molecule has 0 bridgehead atoms. The molecular weight excluding hydrogens is 558 g/mol. The van der Waals surface area contributed by atoms with Crippen LogP contribution in [-0.4, -0.2) is 73.6 Å². The quantitative estimate of drug-likeness (QED) is 0.344. The molecule has 3 unspecified atom stereocenters. The van der Waals surface area contributed by atoms with Crippen LogP contribution in [0.15, 0.2) is 60.0 Å². The summed E-state index contributed by atoms with van der Waals surface area (Å²) in [5.74, 6) is -1.11. The molecule has 1 aliphatic heterocycles. The number of benzene rings is 2. The number of thiophene rings is 1. The van der Waals surface area contributed by atoms with E-state index in [4.69, 9.17) is 0 Å². The number of rotatable bonds is 9. The van der Waals surface area contributed by atoms with Crippen molar-refractivity contribution >= 4 is 40.8 Å². The van der Waals surface area contributed by atoms with Crippen LogP contribution in [0.2, 0.25) is 0 Å². The van der Waals surface area contributed by atoms with Crippen LogP contribution >= 0.6 is 23.1 Å². The van der Waals surface area contributed by atoms with E-state index in [0.717, 1.165) is 16.0 Å². The number of hydrogen-bond acceptors (Lipinski definition) is 7. The van der Waals surface area contributed by atoms with Crippen molar-refractivity contribution in [3.63, 3.8) is 0 Å². The van der Waals surface area contributed by atoms with Gasteiger partial charge in [0.2, 0.25) is 5.91 Å². The van der Waals surface area contributed by atoms with Crippen molar-refractivity contribution in [3.05, 3.63) is 87.1 Å². The first-order chi connectivity index (χ1) is 19.4. The molecule has 0 radical (unpaired) electrons. The summed E-state index contributed by atoms with van der Waals surface area (Å²) in [6.45, 7) is 7.92. The summed E-state index contributed by atoms with van der Waals surface area (Å²) in [6.07, 6.45) is -1.41. The monoisotopic (exact) mass is 595 g/mol. The molecule has 218 valence electrons. The molecule has 8 nitrogen and oxygen atoms in total. The van der Waals surface area contributed by atoms with Gasteiger partial charge >= 0.3 is 0 Å². The zero-order chi connectivity index (χ0) is 29.9. The Morgan fingerprint density at radius 3 is 2.46 bits per heavy atom. The van der Waals surface area contributed by atoms with E-state index in [0.29, 0.717) is 12.1 Å². The minimum absolute atomic E-state index is 0.0200. The van der Waals surface area contributed by atoms with E-state index < -0.39 is 34.7 Å². The number of nitrogens with zero attached hydrogens (tertiary/aromatic N) is 2. The van der Waals surface area contributed by atoms with Gasteiger partial charge in [-0.3, -0.25) is 14.4 Å². The molecular formula is C31H37N3O5S2. The van der Waals surface area contributed by atoms with E-state index in [2.05, 4.69) is 5.32 Å². The molecule has 0 spiro atoms. The average Bonchev–Trinajstić information content (AvgIpc) is 3.49. The fourth-order valence-electron chi connectivity index (χ4n) is 5.02. The summed E-state index contributed by atoms with van der Waals surface area (Å²) in [7, 11) is 1.73. The Morgan fingerprint density at radius 1 is 1.10 bits per heavy atom. The van der Waals surface area contributed by atoms with E-state index in [9.17, 15) is 24.6 Å². The number of phenols is 1. The predicted molar refractivity (Wildman–Crippen MR) is 163 cm³/mol. The molecule has 3 amide bonds. The second kappa shape index (κ2) is 12.7. The Morgan fingerprint density at radius 2 is 1.80 bits per heavy atom. The van der Waals surface area contributed by atoms with E-state index >= 15 is 0 Å². The van der Waals surface area contributed by atoms with Crippen molar-refractivity contribution in [3.8, 4) is 5.75 Å². The number of thioether (sulfide) groups is 1. The lowest BCUT2D eigenvalue weighted by atomic mass is 9.96. The molecule has 3 atom stereocenters. The van der Waals surface area contributed by atoms with Gasteiger partial charge in [0, 0.05) is 27.8 Å². The Labute approximate surface area is 249 Å². The van der Waals surface area contributed by atoms with Gasteiger partial charge in [0.25, 0.3) is 11.8 Å². The van der Waals surface area contributed by atoms with Crippen molar-refractivity contribution in [2.24, 2.45) is 0 Å². The maximum Gasteiger partial charge on any atom is 0.254 e. The average molecular weight is 596 g/mol. The van der Waals surface area contributed by atoms with Gasteiger partial charge in [-0.25, -0.2) is 0 Å². The fourth-order valence-corrected chi connectivity index (χ4v) is 7.11.